The molecule has 1 aromatic heterocycles. The van der Waals surface area contributed by atoms with E-state index in [1.54, 1.807) is 0 Å². The van der Waals surface area contributed by atoms with E-state index < -0.39 is 10.0 Å². The monoisotopic (exact) mass is 350 g/mol. The summed E-state index contributed by atoms with van der Waals surface area (Å²) >= 11 is 8.93. The van der Waals surface area contributed by atoms with Gasteiger partial charge in [0.25, 0.3) is 10.0 Å². The number of H-pyrrole nitrogens is 1. The molecule has 0 aliphatic heterocycles. The zero-order chi connectivity index (χ0) is 13.3. The van der Waals surface area contributed by atoms with Gasteiger partial charge in [-0.2, -0.15) is 5.10 Å². The molecule has 1 heterocycles. The molecule has 1 aromatic carbocycles. The number of anilines is 2. The summed E-state index contributed by atoms with van der Waals surface area (Å²) < 4.78 is 26.9. The minimum atomic E-state index is -3.78. The topological polar surface area (TPSA) is 101 Å². The predicted octanol–water partition coefficient (Wildman–Crippen LogP) is 2.21. The van der Waals surface area contributed by atoms with Crippen LogP contribution in [0.3, 0.4) is 0 Å². The molecule has 6 nitrogen and oxygen atoms in total. The second-order valence-corrected chi connectivity index (χ2v) is 6.28. The van der Waals surface area contributed by atoms with E-state index in [1.165, 1.54) is 24.5 Å². The van der Waals surface area contributed by atoms with Crippen molar-refractivity contribution < 1.29 is 8.42 Å². The highest BCUT2D eigenvalue weighted by atomic mass is 79.9. The molecule has 0 atom stereocenters. The molecule has 0 radical (unpaired) electrons. The van der Waals surface area contributed by atoms with Gasteiger partial charge >= 0.3 is 0 Å². The zero-order valence-corrected chi connectivity index (χ0v) is 12.0. The van der Waals surface area contributed by atoms with Crippen molar-refractivity contribution >= 4 is 48.9 Å². The van der Waals surface area contributed by atoms with Crippen molar-refractivity contribution in [3.05, 3.63) is 34.0 Å². The molecule has 0 spiro atoms. The minimum Gasteiger partial charge on any atom is -0.398 e. The number of nitrogens with zero attached hydrogens (tertiary/aromatic N) is 1. The van der Waals surface area contributed by atoms with E-state index in [9.17, 15) is 8.42 Å². The molecule has 4 N–H and O–H groups in total. The number of halogens is 2. The average Bonchev–Trinajstić information content (AvgIpc) is 2.75. The van der Waals surface area contributed by atoms with E-state index in [4.69, 9.17) is 17.3 Å². The third-order valence-electron chi connectivity index (χ3n) is 2.07. The molecule has 2 aromatic rings. The van der Waals surface area contributed by atoms with Crippen LogP contribution in [0.2, 0.25) is 5.02 Å². The third-order valence-corrected chi connectivity index (χ3v) is 4.84. The van der Waals surface area contributed by atoms with Gasteiger partial charge in [0.1, 0.15) is 4.90 Å². The number of rotatable bonds is 3. The smallest absolute Gasteiger partial charge is 0.263 e. The first-order valence-electron chi connectivity index (χ1n) is 4.66. The molecule has 9 heteroatoms. The Bertz CT molecular complexity index is 672. The molecule has 0 fully saturated rings. The number of aromatic nitrogens is 2. The zero-order valence-electron chi connectivity index (χ0n) is 8.81. The van der Waals surface area contributed by atoms with Crippen LogP contribution in [-0.2, 0) is 10.0 Å². The molecular formula is C9H8BrClN4O2S. The van der Waals surface area contributed by atoms with Crippen LogP contribution in [0.1, 0.15) is 0 Å². The van der Waals surface area contributed by atoms with E-state index in [1.807, 2.05) is 0 Å². The van der Waals surface area contributed by atoms with Crippen molar-refractivity contribution in [3.63, 3.8) is 0 Å². The van der Waals surface area contributed by atoms with Crippen LogP contribution in [0.4, 0.5) is 11.4 Å². The molecule has 0 saturated carbocycles. The Balaban J connectivity index is 2.48. The molecule has 0 amide bonds. The lowest BCUT2D eigenvalue weighted by molar-refractivity contribution is 0.601. The van der Waals surface area contributed by atoms with Gasteiger partial charge in [0.05, 0.1) is 16.4 Å². The lowest BCUT2D eigenvalue weighted by Crippen LogP contribution is -2.13. The molecule has 0 saturated heterocycles. The van der Waals surface area contributed by atoms with E-state index in [-0.39, 0.29) is 20.1 Å². The SMILES string of the molecule is Nc1cc(Cl)cc(S(=O)(=O)Nc2cn[nH]c2)c1Br. The quantitative estimate of drug-likeness (QED) is 0.738. The van der Waals surface area contributed by atoms with Crippen LogP contribution in [0, 0.1) is 0 Å². The summed E-state index contributed by atoms with van der Waals surface area (Å²) in [5.74, 6) is 0. The molecule has 0 unspecified atom stereocenters. The normalized spacial score (nSPS) is 11.4. The number of nitrogen functional groups attached to an aromatic ring is 1. The Morgan fingerprint density at radius 1 is 1.44 bits per heavy atom. The standard InChI is InChI=1S/C9H8BrClN4O2S/c10-9-7(12)1-5(11)2-8(9)18(16,17)15-6-3-13-14-4-6/h1-4,15H,12H2,(H,13,14). The second kappa shape index (κ2) is 4.79. The van der Waals surface area contributed by atoms with Crippen LogP contribution < -0.4 is 10.5 Å². The van der Waals surface area contributed by atoms with Gasteiger partial charge in [0.15, 0.2) is 0 Å². The van der Waals surface area contributed by atoms with Crippen molar-refractivity contribution in [3.8, 4) is 0 Å². The van der Waals surface area contributed by atoms with Crippen molar-refractivity contribution in [2.45, 2.75) is 4.90 Å². The lowest BCUT2D eigenvalue weighted by atomic mass is 10.3. The number of sulfonamides is 1. The van der Waals surface area contributed by atoms with Crippen LogP contribution in [0.5, 0.6) is 0 Å². The fourth-order valence-corrected chi connectivity index (χ4v) is 3.62. The molecule has 2 rings (SSSR count). The Morgan fingerprint density at radius 2 is 2.17 bits per heavy atom. The van der Waals surface area contributed by atoms with Gasteiger partial charge in [-0.1, -0.05) is 11.6 Å². The Kier molecular flexibility index (Phi) is 3.51. The van der Waals surface area contributed by atoms with E-state index in [0.717, 1.165) is 0 Å². The van der Waals surface area contributed by atoms with E-state index >= 15 is 0 Å². The summed E-state index contributed by atoms with van der Waals surface area (Å²) in [5.41, 5.74) is 6.21. The summed E-state index contributed by atoms with van der Waals surface area (Å²) in [4.78, 5) is -0.0336. The Hall–Kier alpha value is -1.25. The maximum Gasteiger partial charge on any atom is 0.263 e. The summed E-state index contributed by atoms with van der Waals surface area (Å²) in [7, 11) is -3.78. The summed E-state index contributed by atoms with van der Waals surface area (Å²) in [6, 6.07) is 2.77. The van der Waals surface area contributed by atoms with Crippen molar-refractivity contribution in [2.24, 2.45) is 0 Å². The van der Waals surface area contributed by atoms with E-state index in [2.05, 4.69) is 30.8 Å². The van der Waals surface area contributed by atoms with Gasteiger partial charge in [-0.05, 0) is 28.1 Å². The molecule has 0 bridgehead atoms. The maximum absolute atomic E-state index is 12.1. The summed E-state index contributed by atoms with van der Waals surface area (Å²) in [6.07, 6.45) is 2.76. The number of aromatic amines is 1. The van der Waals surface area contributed by atoms with Gasteiger partial charge in [-0.3, -0.25) is 9.82 Å². The molecule has 0 aliphatic rings. The summed E-state index contributed by atoms with van der Waals surface area (Å²) in [6.45, 7) is 0. The highest BCUT2D eigenvalue weighted by Crippen LogP contribution is 2.32. The van der Waals surface area contributed by atoms with Crippen molar-refractivity contribution in [2.75, 3.05) is 10.5 Å². The first-order valence-corrected chi connectivity index (χ1v) is 7.31. The third kappa shape index (κ3) is 2.60. The van der Waals surface area contributed by atoms with Gasteiger partial charge < -0.3 is 5.73 Å². The Morgan fingerprint density at radius 3 is 2.78 bits per heavy atom. The molecule has 0 aliphatic carbocycles. The van der Waals surface area contributed by atoms with Gasteiger partial charge in [-0.15, -0.1) is 0 Å². The maximum atomic E-state index is 12.1. The number of nitrogens with two attached hydrogens (primary N) is 1. The average molecular weight is 352 g/mol. The highest BCUT2D eigenvalue weighted by molar-refractivity contribution is 9.10. The van der Waals surface area contributed by atoms with Crippen LogP contribution in [0.15, 0.2) is 33.9 Å². The first kappa shape index (κ1) is 13.2. The van der Waals surface area contributed by atoms with Crippen LogP contribution in [0.25, 0.3) is 0 Å². The number of benzene rings is 1. The van der Waals surface area contributed by atoms with Gasteiger partial charge in [0, 0.05) is 16.9 Å². The number of nitrogens with one attached hydrogen (secondary N) is 2. The van der Waals surface area contributed by atoms with Crippen molar-refractivity contribution in [1.82, 2.24) is 10.2 Å². The number of hydrogen-bond donors (Lipinski definition) is 3. The fraction of sp³-hybridized carbons (Fsp3) is 0. The molecular weight excluding hydrogens is 344 g/mol. The largest absolute Gasteiger partial charge is 0.398 e. The molecule has 96 valence electrons. The van der Waals surface area contributed by atoms with Gasteiger partial charge in [-0.25, -0.2) is 8.42 Å². The van der Waals surface area contributed by atoms with E-state index in [0.29, 0.717) is 5.69 Å². The first-order chi connectivity index (χ1) is 8.40. The minimum absolute atomic E-state index is 0.0336. The van der Waals surface area contributed by atoms with Crippen LogP contribution in [-0.4, -0.2) is 18.6 Å². The highest BCUT2D eigenvalue weighted by Gasteiger charge is 2.20. The second-order valence-electron chi connectivity index (χ2n) is 3.40. The summed E-state index contributed by atoms with van der Waals surface area (Å²) in [5, 5.41) is 6.38. The van der Waals surface area contributed by atoms with Crippen molar-refractivity contribution in [1.29, 1.82) is 0 Å². The fourth-order valence-electron chi connectivity index (χ4n) is 1.30. The lowest BCUT2D eigenvalue weighted by Gasteiger charge is -2.10. The Labute approximate surface area is 117 Å². The number of hydrogen-bond acceptors (Lipinski definition) is 4. The predicted molar refractivity (Wildman–Crippen MR) is 73.0 cm³/mol. The molecule has 18 heavy (non-hydrogen) atoms. The van der Waals surface area contributed by atoms with Crippen LogP contribution >= 0.6 is 27.5 Å². The van der Waals surface area contributed by atoms with Gasteiger partial charge in [0.2, 0.25) is 0 Å².